The molecule has 25 heavy (non-hydrogen) atoms. The van der Waals surface area contributed by atoms with Gasteiger partial charge < -0.3 is 19.9 Å². The fourth-order valence-corrected chi connectivity index (χ4v) is 3.54. The van der Waals surface area contributed by atoms with Crippen molar-refractivity contribution in [1.82, 2.24) is 4.98 Å². The maximum absolute atomic E-state index is 12.4. The first-order valence-electron chi connectivity index (χ1n) is 7.81. The van der Waals surface area contributed by atoms with Crippen molar-refractivity contribution in [1.29, 1.82) is 0 Å². The number of carboxylic acids is 1. The van der Waals surface area contributed by atoms with Crippen molar-refractivity contribution in [2.75, 3.05) is 19.0 Å². The fourth-order valence-electron chi connectivity index (χ4n) is 2.64. The molecule has 2 heterocycles. The number of anilines is 1. The molecule has 0 radical (unpaired) electrons. The van der Waals surface area contributed by atoms with Crippen LogP contribution < -0.4 is 5.32 Å². The molecule has 3 rings (SSSR count). The molecule has 0 saturated carbocycles. The van der Waals surface area contributed by atoms with E-state index in [-0.39, 0.29) is 24.2 Å². The number of methoxy groups -OCH3 is 1. The van der Waals surface area contributed by atoms with Crippen LogP contribution in [-0.4, -0.2) is 35.7 Å². The van der Waals surface area contributed by atoms with Gasteiger partial charge in [0.2, 0.25) is 0 Å². The number of benzene rings is 1. The number of aromatic nitrogens is 1. The van der Waals surface area contributed by atoms with Gasteiger partial charge in [-0.25, -0.2) is 9.78 Å². The second-order valence-corrected chi connectivity index (χ2v) is 6.74. The molecule has 7 nitrogen and oxygen atoms in total. The quantitative estimate of drug-likeness (QED) is 0.819. The summed E-state index contributed by atoms with van der Waals surface area (Å²) in [5, 5.41) is 12.7. The number of aromatic carboxylic acids is 1. The third kappa shape index (κ3) is 4.22. The average Bonchev–Trinajstić information content (AvgIpc) is 3.26. The van der Waals surface area contributed by atoms with Crippen molar-refractivity contribution in [3.05, 3.63) is 45.4 Å². The normalized spacial score (nSPS) is 16.8. The maximum atomic E-state index is 12.4. The van der Waals surface area contributed by atoms with Crippen LogP contribution in [0.5, 0.6) is 0 Å². The van der Waals surface area contributed by atoms with E-state index in [9.17, 15) is 14.7 Å². The standard InChI is InChI=1S/C17H18N2O5S/c1-23-9-10-5-11(17(21)22)7-12(6-10)19-15(20)14-8-18-16(25-14)13-3-2-4-24-13/h5-8,13H,2-4,9H2,1H3,(H,19,20)(H,21,22). The third-order valence-electron chi connectivity index (χ3n) is 3.76. The number of ether oxygens (including phenoxy) is 2. The van der Waals surface area contributed by atoms with Crippen LogP contribution in [-0.2, 0) is 16.1 Å². The van der Waals surface area contributed by atoms with Gasteiger partial charge in [0.25, 0.3) is 5.91 Å². The first-order valence-corrected chi connectivity index (χ1v) is 8.63. The molecule has 1 saturated heterocycles. The maximum Gasteiger partial charge on any atom is 0.335 e. The Morgan fingerprint density at radius 3 is 2.96 bits per heavy atom. The van der Waals surface area contributed by atoms with Gasteiger partial charge in [0.1, 0.15) is 16.0 Å². The predicted molar refractivity (Wildman–Crippen MR) is 92.1 cm³/mol. The van der Waals surface area contributed by atoms with Gasteiger partial charge in [-0.05, 0) is 36.6 Å². The minimum atomic E-state index is -1.06. The zero-order valence-electron chi connectivity index (χ0n) is 13.7. The average molecular weight is 362 g/mol. The highest BCUT2D eigenvalue weighted by Crippen LogP contribution is 2.31. The summed E-state index contributed by atoms with van der Waals surface area (Å²) in [4.78, 5) is 28.4. The molecule has 2 N–H and O–H groups in total. The topological polar surface area (TPSA) is 97.8 Å². The monoisotopic (exact) mass is 362 g/mol. The van der Waals surface area contributed by atoms with Crippen LogP contribution in [0.3, 0.4) is 0 Å². The molecule has 1 atom stereocenters. The number of nitrogens with one attached hydrogen (secondary N) is 1. The largest absolute Gasteiger partial charge is 0.478 e. The van der Waals surface area contributed by atoms with Crippen LogP contribution >= 0.6 is 11.3 Å². The van der Waals surface area contributed by atoms with E-state index in [1.807, 2.05) is 0 Å². The molecule has 1 aromatic carbocycles. The summed E-state index contributed by atoms with van der Waals surface area (Å²) in [5.74, 6) is -1.39. The van der Waals surface area contributed by atoms with Gasteiger partial charge in [-0.15, -0.1) is 11.3 Å². The van der Waals surface area contributed by atoms with E-state index >= 15 is 0 Å². The Hall–Kier alpha value is -2.29. The van der Waals surface area contributed by atoms with Crippen LogP contribution in [0.1, 0.15) is 49.5 Å². The van der Waals surface area contributed by atoms with Crippen LogP contribution in [0.15, 0.2) is 24.4 Å². The summed E-state index contributed by atoms with van der Waals surface area (Å²) < 4.78 is 10.6. The number of thiazole rings is 1. The van der Waals surface area contributed by atoms with E-state index in [0.29, 0.717) is 16.1 Å². The van der Waals surface area contributed by atoms with E-state index in [0.717, 1.165) is 24.5 Å². The number of rotatable bonds is 6. The third-order valence-corrected chi connectivity index (χ3v) is 4.85. The van der Waals surface area contributed by atoms with E-state index < -0.39 is 5.97 Å². The lowest BCUT2D eigenvalue weighted by Crippen LogP contribution is -2.11. The van der Waals surface area contributed by atoms with Gasteiger partial charge in [0.15, 0.2) is 0 Å². The molecule has 0 spiro atoms. The molecule has 1 aromatic heterocycles. The summed E-state index contributed by atoms with van der Waals surface area (Å²) >= 11 is 1.29. The van der Waals surface area contributed by atoms with Gasteiger partial charge in [0, 0.05) is 19.4 Å². The highest BCUT2D eigenvalue weighted by atomic mass is 32.1. The second-order valence-electron chi connectivity index (χ2n) is 5.68. The van der Waals surface area contributed by atoms with Gasteiger partial charge >= 0.3 is 5.97 Å². The zero-order valence-corrected chi connectivity index (χ0v) is 14.5. The van der Waals surface area contributed by atoms with Crippen molar-refractivity contribution < 1.29 is 24.2 Å². The number of nitrogens with zero attached hydrogens (tertiary/aromatic N) is 1. The Balaban J connectivity index is 1.76. The molecule has 1 fully saturated rings. The highest BCUT2D eigenvalue weighted by Gasteiger charge is 2.22. The van der Waals surface area contributed by atoms with Gasteiger partial charge in [-0.2, -0.15) is 0 Å². The van der Waals surface area contributed by atoms with Crippen molar-refractivity contribution in [2.45, 2.75) is 25.6 Å². The van der Waals surface area contributed by atoms with Crippen molar-refractivity contribution in [3.63, 3.8) is 0 Å². The molecule has 1 aliphatic rings. The number of hydrogen-bond donors (Lipinski definition) is 2. The van der Waals surface area contributed by atoms with Crippen molar-refractivity contribution in [2.24, 2.45) is 0 Å². The molecule has 0 aliphatic carbocycles. The summed E-state index contributed by atoms with van der Waals surface area (Å²) in [7, 11) is 1.52. The lowest BCUT2D eigenvalue weighted by Gasteiger charge is -2.08. The molecule has 8 heteroatoms. The second kappa shape index (κ2) is 7.73. The Morgan fingerprint density at radius 2 is 2.28 bits per heavy atom. The lowest BCUT2D eigenvalue weighted by molar-refractivity contribution is 0.0696. The smallest absolute Gasteiger partial charge is 0.335 e. The zero-order chi connectivity index (χ0) is 17.8. The molecular formula is C17H18N2O5S. The fraction of sp³-hybridized carbons (Fsp3) is 0.353. The SMILES string of the molecule is COCc1cc(NC(=O)c2cnc(C3CCCO3)s2)cc(C(=O)O)c1. The van der Waals surface area contributed by atoms with Crippen LogP contribution in [0.25, 0.3) is 0 Å². The molecule has 0 bridgehead atoms. The molecule has 1 unspecified atom stereocenters. The Kier molecular flexibility index (Phi) is 5.42. The van der Waals surface area contributed by atoms with E-state index in [1.54, 1.807) is 6.07 Å². The number of carboxylic acid groups (broad SMARTS) is 1. The molecule has 2 aromatic rings. The molecule has 1 amide bonds. The minimum Gasteiger partial charge on any atom is -0.478 e. The Morgan fingerprint density at radius 1 is 1.44 bits per heavy atom. The van der Waals surface area contributed by atoms with Crippen LogP contribution in [0.2, 0.25) is 0 Å². The van der Waals surface area contributed by atoms with Gasteiger partial charge in [-0.3, -0.25) is 4.79 Å². The lowest BCUT2D eigenvalue weighted by atomic mass is 10.1. The summed E-state index contributed by atoms with van der Waals surface area (Å²) in [6.07, 6.45) is 3.40. The van der Waals surface area contributed by atoms with E-state index in [1.165, 1.54) is 36.8 Å². The van der Waals surface area contributed by atoms with Crippen LogP contribution in [0.4, 0.5) is 5.69 Å². The van der Waals surface area contributed by atoms with Crippen LogP contribution in [0, 0.1) is 0 Å². The number of carbonyl (C=O) groups is 2. The number of carbonyl (C=O) groups excluding carboxylic acids is 1. The molecular weight excluding hydrogens is 344 g/mol. The van der Waals surface area contributed by atoms with E-state index in [4.69, 9.17) is 9.47 Å². The predicted octanol–water partition coefficient (Wildman–Crippen LogP) is 3.09. The molecule has 1 aliphatic heterocycles. The Labute approximate surface area is 148 Å². The summed E-state index contributed by atoms with van der Waals surface area (Å²) in [6, 6.07) is 4.63. The highest BCUT2D eigenvalue weighted by molar-refractivity contribution is 7.13. The summed E-state index contributed by atoms with van der Waals surface area (Å²) in [6.45, 7) is 0.976. The Bertz CT molecular complexity index is 783. The number of hydrogen-bond acceptors (Lipinski definition) is 6. The minimum absolute atomic E-state index is 0.0322. The van der Waals surface area contributed by atoms with E-state index in [2.05, 4.69) is 10.3 Å². The van der Waals surface area contributed by atoms with Gasteiger partial charge in [-0.1, -0.05) is 0 Å². The van der Waals surface area contributed by atoms with Crippen molar-refractivity contribution in [3.8, 4) is 0 Å². The first kappa shape index (κ1) is 17.5. The summed E-state index contributed by atoms with van der Waals surface area (Å²) in [5.41, 5.74) is 1.17. The molecule has 132 valence electrons. The van der Waals surface area contributed by atoms with Crippen molar-refractivity contribution >= 4 is 28.9 Å². The number of amides is 1. The first-order chi connectivity index (χ1) is 12.1. The van der Waals surface area contributed by atoms with Gasteiger partial charge in [0.05, 0.1) is 18.4 Å².